The summed E-state index contributed by atoms with van der Waals surface area (Å²) < 4.78 is 0. The van der Waals surface area contributed by atoms with Crippen LogP contribution in [0.4, 0.5) is 17.1 Å². The Balaban J connectivity index is 1.61. The van der Waals surface area contributed by atoms with Gasteiger partial charge in [0.15, 0.2) is 0 Å². The fourth-order valence-electron chi connectivity index (χ4n) is 4.70. The Hall–Kier alpha value is -4.10. The van der Waals surface area contributed by atoms with E-state index in [0.717, 1.165) is 6.42 Å². The molecule has 0 radical (unpaired) electrons. The van der Waals surface area contributed by atoms with Gasteiger partial charge >= 0.3 is 0 Å². The summed E-state index contributed by atoms with van der Waals surface area (Å²) in [5.41, 5.74) is 11.3. The van der Waals surface area contributed by atoms with Gasteiger partial charge in [-0.2, -0.15) is 0 Å². The van der Waals surface area contributed by atoms with Crippen LogP contribution in [0.3, 0.4) is 0 Å². The topological polar surface area (TPSA) is 3.24 Å². The zero-order valence-electron chi connectivity index (χ0n) is 17.8. The van der Waals surface area contributed by atoms with E-state index >= 15 is 0 Å². The molecule has 32 heavy (non-hydrogen) atoms. The van der Waals surface area contributed by atoms with Crippen molar-refractivity contribution in [2.45, 2.75) is 6.42 Å². The number of fused-ring (bicyclic) bond motifs is 2. The maximum absolute atomic E-state index is 2.42. The summed E-state index contributed by atoms with van der Waals surface area (Å²) in [4.78, 5) is 2.42. The van der Waals surface area contributed by atoms with Crippen molar-refractivity contribution < 1.29 is 0 Å². The molecule has 6 rings (SSSR count). The van der Waals surface area contributed by atoms with Crippen molar-refractivity contribution in [2.75, 3.05) is 4.90 Å². The Kier molecular flexibility index (Phi) is 4.58. The first-order chi connectivity index (χ1) is 15.9. The van der Waals surface area contributed by atoms with Crippen molar-refractivity contribution in [1.82, 2.24) is 0 Å². The highest BCUT2D eigenvalue weighted by atomic mass is 15.2. The second-order valence-electron chi connectivity index (χ2n) is 8.27. The van der Waals surface area contributed by atoms with Gasteiger partial charge < -0.3 is 4.90 Å². The van der Waals surface area contributed by atoms with Crippen molar-refractivity contribution in [3.05, 3.63) is 139 Å². The molecule has 0 atom stereocenters. The van der Waals surface area contributed by atoms with Crippen LogP contribution in [0.1, 0.15) is 11.1 Å². The van der Waals surface area contributed by atoms with Gasteiger partial charge in [0.25, 0.3) is 0 Å². The van der Waals surface area contributed by atoms with Crippen LogP contribution in [0.2, 0.25) is 0 Å². The highest BCUT2D eigenvalue weighted by Gasteiger charge is 2.24. The molecule has 0 unspecified atom stereocenters. The van der Waals surface area contributed by atoms with Crippen LogP contribution in [-0.4, -0.2) is 0 Å². The second kappa shape index (κ2) is 7.86. The van der Waals surface area contributed by atoms with E-state index in [9.17, 15) is 0 Å². The largest absolute Gasteiger partial charge is 0.310 e. The summed E-state index contributed by atoms with van der Waals surface area (Å²) in [6.07, 6.45) is 0.965. The Morgan fingerprint density at radius 3 is 1.34 bits per heavy atom. The molecule has 1 heterocycles. The molecule has 0 N–H and O–H groups in total. The molecule has 1 heteroatoms. The lowest BCUT2D eigenvalue weighted by Gasteiger charge is -2.34. The quantitative estimate of drug-likeness (QED) is 0.284. The summed E-state index contributed by atoms with van der Waals surface area (Å²) in [5, 5.41) is 0. The van der Waals surface area contributed by atoms with Crippen molar-refractivity contribution in [1.29, 1.82) is 0 Å². The van der Waals surface area contributed by atoms with Gasteiger partial charge in [-0.05, 0) is 63.7 Å². The smallest absolute Gasteiger partial charge is 0.0497 e. The molecular weight excluding hydrogens is 386 g/mol. The molecule has 0 spiro atoms. The highest BCUT2D eigenvalue weighted by molar-refractivity contribution is 5.88. The lowest BCUT2D eigenvalue weighted by Crippen LogP contribution is -2.18. The van der Waals surface area contributed by atoms with Gasteiger partial charge in [-0.3, -0.25) is 0 Å². The van der Waals surface area contributed by atoms with Crippen molar-refractivity contribution in [2.24, 2.45) is 0 Å². The molecule has 0 bridgehead atoms. The number of hydrogen-bond donors (Lipinski definition) is 0. The monoisotopic (exact) mass is 409 g/mol. The fraction of sp³-hybridized carbons (Fsp3) is 0.0323. The summed E-state index contributed by atoms with van der Waals surface area (Å²) in [7, 11) is 0. The Morgan fingerprint density at radius 2 is 0.844 bits per heavy atom. The number of para-hydroxylation sites is 2. The Bertz CT molecular complexity index is 1280. The third kappa shape index (κ3) is 3.29. The van der Waals surface area contributed by atoms with Crippen molar-refractivity contribution in [3.63, 3.8) is 0 Å². The van der Waals surface area contributed by atoms with E-state index in [1.165, 1.54) is 50.4 Å². The zero-order valence-corrected chi connectivity index (χ0v) is 17.8. The first-order valence-corrected chi connectivity index (χ1v) is 11.1. The number of hydrogen-bond acceptors (Lipinski definition) is 1. The maximum atomic E-state index is 2.42. The van der Waals surface area contributed by atoms with Crippen LogP contribution in [0, 0.1) is 0 Å². The molecule has 0 saturated carbocycles. The number of nitrogens with zero attached hydrogens (tertiary/aromatic N) is 1. The van der Waals surface area contributed by atoms with Crippen LogP contribution in [0.25, 0.3) is 22.3 Å². The summed E-state index contributed by atoms with van der Waals surface area (Å²) in [6.45, 7) is 0. The van der Waals surface area contributed by atoms with Crippen LogP contribution in [-0.2, 0) is 6.42 Å². The average molecular weight is 410 g/mol. The molecule has 1 aliphatic rings. The maximum Gasteiger partial charge on any atom is 0.0497 e. The molecule has 0 aromatic heterocycles. The van der Waals surface area contributed by atoms with Crippen LogP contribution in [0.5, 0.6) is 0 Å². The van der Waals surface area contributed by atoms with Gasteiger partial charge in [0.2, 0.25) is 0 Å². The average Bonchev–Trinajstić information content (AvgIpc) is 2.88. The molecule has 1 aliphatic heterocycles. The summed E-state index contributed by atoms with van der Waals surface area (Å²) in [6, 6.07) is 45.8. The lowest BCUT2D eigenvalue weighted by atomic mass is 9.93. The summed E-state index contributed by atoms with van der Waals surface area (Å²) >= 11 is 0. The molecule has 5 aromatic carbocycles. The van der Waals surface area contributed by atoms with Crippen molar-refractivity contribution >= 4 is 17.1 Å². The predicted octanol–water partition coefficient (Wildman–Crippen LogP) is 8.39. The van der Waals surface area contributed by atoms with Gasteiger partial charge in [-0.1, -0.05) is 97.1 Å². The number of rotatable bonds is 3. The molecule has 0 amide bonds. The number of anilines is 3. The van der Waals surface area contributed by atoms with E-state index < -0.39 is 0 Å². The molecule has 0 aliphatic carbocycles. The van der Waals surface area contributed by atoms with E-state index in [0.29, 0.717) is 0 Å². The van der Waals surface area contributed by atoms with Crippen LogP contribution >= 0.6 is 0 Å². The fourth-order valence-corrected chi connectivity index (χ4v) is 4.70. The molecular formula is C31H23N. The van der Waals surface area contributed by atoms with E-state index in [-0.39, 0.29) is 0 Å². The van der Waals surface area contributed by atoms with Crippen molar-refractivity contribution in [3.8, 4) is 22.3 Å². The predicted molar refractivity (Wildman–Crippen MR) is 135 cm³/mol. The first-order valence-electron chi connectivity index (χ1n) is 11.1. The van der Waals surface area contributed by atoms with Crippen LogP contribution in [0.15, 0.2) is 127 Å². The first kappa shape index (κ1) is 18.7. The molecule has 0 fully saturated rings. The summed E-state index contributed by atoms with van der Waals surface area (Å²) in [5.74, 6) is 0. The SMILES string of the molecule is c1ccc(-c2cc(-c3ccccc3)cc(N3c4ccccc4Cc4ccccc43)c2)cc1. The Labute approximate surface area is 189 Å². The molecule has 5 aromatic rings. The van der Waals surface area contributed by atoms with Gasteiger partial charge in [-0.25, -0.2) is 0 Å². The number of benzene rings is 5. The van der Waals surface area contributed by atoms with E-state index in [4.69, 9.17) is 0 Å². The van der Waals surface area contributed by atoms with Gasteiger partial charge in [0.05, 0.1) is 0 Å². The minimum Gasteiger partial charge on any atom is -0.310 e. The Morgan fingerprint density at radius 1 is 0.406 bits per heavy atom. The van der Waals surface area contributed by atoms with E-state index in [2.05, 4.69) is 132 Å². The standard InChI is InChI=1S/C31H23N/c1-3-11-23(12-4-1)27-20-28(24-13-5-2-6-14-24)22-29(21-27)32-30-17-9-7-15-25(30)19-26-16-8-10-18-31(26)32/h1-18,20-22H,19H2. The van der Waals surface area contributed by atoms with Gasteiger partial charge in [0, 0.05) is 23.5 Å². The molecule has 152 valence electrons. The zero-order chi connectivity index (χ0) is 21.3. The second-order valence-corrected chi connectivity index (χ2v) is 8.27. The van der Waals surface area contributed by atoms with Gasteiger partial charge in [-0.15, -0.1) is 0 Å². The highest BCUT2D eigenvalue weighted by Crippen LogP contribution is 2.45. The van der Waals surface area contributed by atoms with E-state index in [1.807, 2.05) is 0 Å². The molecule has 1 nitrogen and oxygen atoms in total. The third-order valence-electron chi connectivity index (χ3n) is 6.24. The normalized spacial score (nSPS) is 12.2. The van der Waals surface area contributed by atoms with Gasteiger partial charge in [0.1, 0.15) is 0 Å². The minimum atomic E-state index is 0.965. The minimum absolute atomic E-state index is 0.965. The van der Waals surface area contributed by atoms with E-state index in [1.54, 1.807) is 0 Å². The molecule has 0 saturated heterocycles. The van der Waals surface area contributed by atoms with Crippen LogP contribution < -0.4 is 4.90 Å². The lowest BCUT2D eigenvalue weighted by molar-refractivity contribution is 1.09. The third-order valence-corrected chi connectivity index (χ3v) is 6.24.